The van der Waals surface area contributed by atoms with Gasteiger partial charge in [0.05, 0.1) is 22.3 Å². The topological polar surface area (TPSA) is 92.6 Å². The highest BCUT2D eigenvalue weighted by atomic mass is 32.2. The molecule has 0 saturated heterocycles. The van der Waals surface area contributed by atoms with Crippen LogP contribution in [-0.2, 0) is 10.0 Å². The summed E-state index contributed by atoms with van der Waals surface area (Å²) in [6, 6.07) is 12.0. The second kappa shape index (κ2) is 5.54. The molecule has 1 atom stereocenters. The number of nitro benzene ring substituents is 1. The lowest BCUT2D eigenvalue weighted by Crippen LogP contribution is -2.45. The van der Waals surface area contributed by atoms with Crippen molar-refractivity contribution in [1.29, 1.82) is 0 Å². The molecule has 0 spiro atoms. The highest BCUT2D eigenvalue weighted by Gasteiger charge is 2.37. The Morgan fingerprint density at radius 1 is 1.17 bits per heavy atom. The van der Waals surface area contributed by atoms with Crippen molar-refractivity contribution in [1.82, 2.24) is 0 Å². The summed E-state index contributed by atoms with van der Waals surface area (Å²) in [5.41, 5.74) is 0.757. The van der Waals surface area contributed by atoms with Crippen molar-refractivity contribution in [3.8, 4) is 0 Å². The maximum Gasteiger partial charge on any atom is 0.289 e. The highest BCUT2D eigenvalue weighted by molar-refractivity contribution is 7.93. The standard InChI is InChI=1S/C15H15N3O4S/c1-11-10-16-12-6-2-3-7-13(12)17(11)23(21,22)15-9-5-4-8-14(15)18(19)20/h2-9,11,16H,10H2,1H3. The molecule has 3 rings (SSSR count). The Morgan fingerprint density at radius 2 is 1.83 bits per heavy atom. The van der Waals surface area contributed by atoms with Crippen molar-refractivity contribution in [3.05, 3.63) is 58.6 Å². The van der Waals surface area contributed by atoms with Crippen molar-refractivity contribution in [2.45, 2.75) is 17.9 Å². The SMILES string of the molecule is CC1CNc2ccccc2N1S(=O)(=O)c1ccccc1[N+](=O)[O-]. The third-order valence-corrected chi connectivity index (χ3v) is 5.70. The predicted molar refractivity (Wildman–Crippen MR) is 87.2 cm³/mol. The average Bonchev–Trinajstić information content (AvgIpc) is 2.54. The Bertz CT molecular complexity index is 867. The third-order valence-electron chi connectivity index (χ3n) is 3.73. The van der Waals surface area contributed by atoms with Crippen LogP contribution in [0.2, 0.25) is 0 Å². The van der Waals surface area contributed by atoms with Crippen LogP contribution in [0.1, 0.15) is 6.92 Å². The number of rotatable bonds is 3. The van der Waals surface area contributed by atoms with E-state index in [-0.39, 0.29) is 10.9 Å². The van der Waals surface area contributed by atoms with Gasteiger partial charge in [-0.15, -0.1) is 0 Å². The maximum absolute atomic E-state index is 13.1. The summed E-state index contributed by atoms with van der Waals surface area (Å²) in [5, 5.41) is 14.4. The Morgan fingerprint density at radius 3 is 2.57 bits per heavy atom. The molecule has 0 aliphatic carbocycles. The quantitative estimate of drug-likeness (QED) is 0.688. The van der Waals surface area contributed by atoms with Gasteiger partial charge in [0, 0.05) is 12.6 Å². The van der Waals surface area contributed by atoms with Crippen LogP contribution in [0.3, 0.4) is 0 Å². The maximum atomic E-state index is 13.1. The van der Waals surface area contributed by atoms with Crippen LogP contribution in [0.15, 0.2) is 53.4 Å². The fourth-order valence-corrected chi connectivity index (χ4v) is 4.53. The van der Waals surface area contributed by atoms with Crippen LogP contribution in [0, 0.1) is 10.1 Å². The first-order valence-corrected chi connectivity index (χ1v) is 8.47. The smallest absolute Gasteiger partial charge is 0.289 e. The van der Waals surface area contributed by atoms with Crippen LogP contribution >= 0.6 is 0 Å². The van der Waals surface area contributed by atoms with E-state index in [1.807, 2.05) is 0 Å². The van der Waals surface area contributed by atoms with Gasteiger partial charge in [-0.25, -0.2) is 8.42 Å². The Labute approximate surface area is 133 Å². The van der Waals surface area contributed by atoms with Gasteiger partial charge in [0.25, 0.3) is 15.7 Å². The van der Waals surface area contributed by atoms with Gasteiger partial charge in [0.2, 0.25) is 0 Å². The first kappa shape index (κ1) is 15.3. The number of hydrogen-bond acceptors (Lipinski definition) is 5. The van der Waals surface area contributed by atoms with Crippen molar-refractivity contribution < 1.29 is 13.3 Å². The Kier molecular flexibility index (Phi) is 3.69. The van der Waals surface area contributed by atoms with E-state index in [4.69, 9.17) is 0 Å². The fraction of sp³-hybridized carbons (Fsp3) is 0.200. The monoisotopic (exact) mass is 333 g/mol. The molecule has 1 unspecified atom stereocenters. The van der Waals surface area contributed by atoms with Crippen LogP contribution < -0.4 is 9.62 Å². The molecule has 2 aromatic rings. The molecule has 0 radical (unpaired) electrons. The molecular weight excluding hydrogens is 318 g/mol. The lowest BCUT2D eigenvalue weighted by atomic mass is 10.2. The normalized spacial score (nSPS) is 17.3. The molecule has 23 heavy (non-hydrogen) atoms. The minimum Gasteiger partial charge on any atom is -0.381 e. The van der Waals surface area contributed by atoms with Crippen LogP contribution in [0.5, 0.6) is 0 Å². The van der Waals surface area contributed by atoms with Crippen LogP contribution in [0.25, 0.3) is 0 Å². The molecule has 1 N–H and O–H groups in total. The van der Waals surface area contributed by atoms with E-state index >= 15 is 0 Å². The molecule has 0 fully saturated rings. The lowest BCUT2D eigenvalue weighted by molar-refractivity contribution is -0.387. The van der Waals surface area contributed by atoms with Crippen LogP contribution in [-0.4, -0.2) is 25.9 Å². The van der Waals surface area contributed by atoms with Crippen molar-refractivity contribution in [2.75, 3.05) is 16.2 Å². The first-order valence-electron chi connectivity index (χ1n) is 7.03. The molecule has 1 heterocycles. The van der Waals surface area contributed by atoms with Crippen LogP contribution in [0.4, 0.5) is 17.1 Å². The zero-order valence-corrected chi connectivity index (χ0v) is 13.2. The molecule has 0 bridgehead atoms. The van der Waals surface area contributed by atoms with E-state index in [0.29, 0.717) is 17.9 Å². The second-order valence-electron chi connectivity index (χ2n) is 5.27. The number of nitro groups is 1. The summed E-state index contributed by atoms with van der Waals surface area (Å²) < 4.78 is 27.4. The van der Waals surface area contributed by atoms with Gasteiger partial charge < -0.3 is 5.32 Å². The Balaban J connectivity index is 2.20. The van der Waals surface area contributed by atoms with Gasteiger partial charge in [-0.2, -0.15) is 0 Å². The molecule has 8 heteroatoms. The molecule has 1 aliphatic heterocycles. The van der Waals surface area contributed by atoms with Gasteiger partial charge >= 0.3 is 0 Å². The summed E-state index contributed by atoms with van der Waals surface area (Å²) in [5.74, 6) is 0. The van der Waals surface area contributed by atoms with E-state index in [9.17, 15) is 18.5 Å². The third kappa shape index (κ3) is 2.50. The highest BCUT2D eigenvalue weighted by Crippen LogP contribution is 2.37. The number of para-hydroxylation sites is 3. The van der Waals surface area contributed by atoms with E-state index in [1.54, 1.807) is 31.2 Å². The van der Waals surface area contributed by atoms with Crippen molar-refractivity contribution in [2.24, 2.45) is 0 Å². The first-order chi connectivity index (χ1) is 10.9. The largest absolute Gasteiger partial charge is 0.381 e. The number of benzene rings is 2. The van der Waals surface area contributed by atoms with Gasteiger partial charge in [-0.3, -0.25) is 14.4 Å². The number of nitrogens with one attached hydrogen (secondary N) is 1. The van der Waals surface area contributed by atoms with E-state index in [2.05, 4.69) is 5.32 Å². The second-order valence-corrected chi connectivity index (χ2v) is 7.06. The predicted octanol–water partition coefficient (Wildman–Crippen LogP) is 2.60. The summed E-state index contributed by atoms with van der Waals surface area (Å²) in [6.45, 7) is 2.19. The molecule has 0 amide bonds. The molecule has 0 aromatic heterocycles. The van der Waals surface area contributed by atoms with Gasteiger partial charge in [0.1, 0.15) is 0 Å². The fourth-order valence-electron chi connectivity index (χ4n) is 2.69. The number of anilines is 2. The van der Waals surface area contributed by atoms with Gasteiger partial charge in [-0.05, 0) is 25.1 Å². The summed E-state index contributed by atoms with van der Waals surface area (Å²) in [4.78, 5) is 10.2. The number of hydrogen-bond donors (Lipinski definition) is 1. The summed E-state index contributed by atoms with van der Waals surface area (Å²) >= 11 is 0. The minimum absolute atomic E-state index is 0.298. The molecule has 2 aromatic carbocycles. The molecular formula is C15H15N3O4S. The van der Waals surface area contributed by atoms with E-state index in [0.717, 1.165) is 0 Å². The molecule has 0 saturated carbocycles. The van der Waals surface area contributed by atoms with E-state index in [1.165, 1.54) is 28.6 Å². The summed E-state index contributed by atoms with van der Waals surface area (Å²) in [6.07, 6.45) is 0. The van der Waals surface area contributed by atoms with E-state index < -0.39 is 20.6 Å². The lowest BCUT2D eigenvalue weighted by Gasteiger charge is -2.36. The average molecular weight is 333 g/mol. The van der Waals surface area contributed by atoms with Gasteiger partial charge in [-0.1, -0.05) is 24.3 Å². The number of fused-ring (bicyclic) bond motifs is 1. The number of nitrogens with zero attached hydrogens (tertiary/aromatic N) is 2. The zero-order chi connectivity index (χ0) is 16.6. The van der Waals surface area contributed by atoms with Crippen molar-refractivity contribution >= 4 is 27.1 Å². The van der Waals surface area contributed by atoms with Crippen molar-refractivity contribution in [3.63, 3.8) is 0 Å². The zero-order valence-electron chi connectivity index (χ0n) is 12.3. The number of sulfonamides is 1. The molecule has 120 valence electrons. The minimum atomic E-state index is -4.05. The molecule has 7 nitrogen and oxygen atoms in total. The van der Waals surface area contributed by atoms with Gasteiger partial charge in [0.15, 0.2) is 4.90 Å². The summed E-state index contributed by atoms with van der Waals surface area (Å²) in [7, 11) is -4.05. The molecule has 1 aliphatic rings. The Hall–Kier alpha value is -2.61.